The molecule has 1 saturated heterocycles. The molecule has 1 N–H and O–H groups in total. The number of piperidine rings is 1. The zero-order chi connectivity index (χ0) is 20.6. The summed E-state index contributed by atoms with van der Waals surface area (Å²) in [6.45, 7) is 5.15. The van der Waals surface area contributed by atoms with Crippen LogP contribution in [0.1, 0.15) is 32.3 Å². The Kier molecular flexibility index (Phi) is 8.19. The van der Waals surface area contributed by atoms with Gasteiger partial charge in [0.25, 0.3) is 5.91 Å². The Morgan fingerprint density at radius 2 is 1.82 bits per heavy atom. The maximum Gasteiger partial charge on any atom is 0.307 e. The van der Waals surface area contributed by atoms with E-state index in [1.807, 2.05) is 18.2 Å². The number of benzene rings is 1. The van der Waals surface area contributed by atoms with Crippen molar-refractivity contribution < 1.29 is 22.7 Å². The van der Waals surface area contributed by atoms with Gasteiger partial charge in [-0.2, -0.15) is 0 Å². The molecule has 1 fully saturated rings. The number of hydrogen-bond donors (Lipinski definition) is 1. The Morgan fingerprint density at radius 3 is 2.46 bits per heavy atom. The number of carbonyl (C=O) groups is 2. The minimum Gasteiger partial charge on any atom is -0.456 e. The van der Waals surface area contributed by atoms with Gasteiger partial charge in [0.15, 0.2) is 6.61 Å². The topological polar surface area (TPSA) is 92.8 Å². The fourth-order valence-corrected chi connectivity index (χ4v) is 4.07. The van der Waals surface area contributed by atoms with Crippen LogP contribution >= 0.6 is 0 Å². The molecule has 0 unspecified atom stereocenters. The number of sulfonamides is 1. The van der Waals surface area contributed by atoms with Crippen molar-refractivity contribution in [1.29, 1.82) is 0 Å². The van der Waals surface area contributed by atoms with E-state index in [1.165, 1.54) is 6.08 Å². The minimum atomic E-state index is -3.65. The predicted molar refractivity (Wildman–Crippen MR) is 107 cm³/mol. The molecule has 1 aliphatic heterocycles. The van der Waals surface area contributed by atoms with E-state index in [0.29, 0.717) is 24.9 Å². The second-order valence-electron chi connectivity index (χ2n) is 7.31. The zero-order valence-electron chi connectivity index (χ0n) is 16.3. The first kappa shape index (κ1) is 22.1. The summed E-state index contributed by atoms with van der Waals surface area (Å²) in [6.07, 6.45) is 2.42. The second kappa shape index (κ2) is 10.4. The molecule has 0 radical (unpaired) electrons. The van der Waals surface area contributed by atoms with Crippen LogP contribution in [0.2, 0.25) is 0 Å². The Bertz CT molecular complexity index is 782. The van der Waals surface area contributed by atoms with Crippen molar-refractivity contribution in [3.63, 3.8) is 0 Å². The van der Waals surface area contributed by atoms with Gasteiger partial charge in [-0.3, -0.25) is 9.59 Å². The minimum absolute atomic E-state index is 0.0910. The van der Waals surface area contributed by atoms with Gasteiger partial charge in [-0.15, -0.1) is 0 Å². The third-order valence-electron chi connectivity index (χ3n) is 4.45. The first-order valence-electron chi connectivity index (χ1n) is 9.41. The maximum atomic E-state index is 12.2. The van der Waals surface area contributed by atoms with E-state index < -0.39 is 16.0 Å². The number of rotatable bonds is 8. The highest BCUT2D eigenvalue weighted by Gasteiger charge is 2.25. The summed E-state index contributed by atoms with van der Waals surface area (Å²) >= 11 is 0. The molecule has 8 heteroatoms. The summed E-state index contributed by atoms with van der Waals surface area (Å²) in [4.78, 5) is 25.7. The van der Waals surface area contributed by atoms with Crippen LogP contribution in [0, 0.1) is 11.8 Å². The second-order valence-corrected chi connectivity index (χ2v) is 8.96. The van der Waals surface area contributed by atoms with E-state index in [2.05, 4.69) is 18.6 Å². The first-order chi connectivity index (χ1) is 13.2. The molecule has 0 aromatic heterocycles. The monoisotopic (exact) mass is 408 g/mol. The highest BCUT2D eigenvalue weighted by molar-refractivity contribution is 7.92. The highest BCUT2D eigenvalue weighted by atomic mass is 32.2. The van der Waals surface area contributed by atoms with E-state index >= 15 is 0 Å². The van der Waals surface area contributed by atoms with E-state index in [4.69, 9.17) is 4.74 Å². The third kappa shape index (κ3) is 7.82. The number of nitrogens with zero attached hydrogens (tertiary/aromatic N) is 1. The lowest BCUT2D eigenvalue weighted by atomic mass is 9.92. The molecular formula is C20H28N2O5S. The fourth-order valence-electron chi connectivity index (χ4n) is 3.25. The van der Waals surface area contributed by atoms with Crippen LogP contribution < -0.4 is 4.72 Å². The maximum absolute atomic E-state index is 12.2. The highest BCUT2D eigenvalue weighted by Crippen LogP contribution is 2.20. The molecule has 0 spiro atoms. The fraction of sp³-hybridized carbons (Fsp3) is 0.500. The van der Waals surface area contributed by atoms with Crippen LogP contribution in [0.15, 0.2) is 35.7 Å². The Morgan fingerprint density at radius 1 is 1.18 bits per heavy atom. The van der Waals surface area contributed by atoms with Crippen LogP contribution in [-0.2, 0) is 24.3 Å². The molecule has 0 bridgehead atoms. The average molecular weight is 409 g/mol. The summed E-state index contributed by atoms with van der Waals surface area (Å²) in [5.41, 5.74) is 0.757. The largest absolute Gasteiger partial charge is 0.456 e. The molecule has 1 aromatic rings. The number of hydrogen-bond acceptors (Lipinski definition) is 5. The molecular weight excluding hydrogens is 380 g/mol. The van der Waals surface area contributed by atoms with E-state index in [9.17, 15) is 18.0 Å². The number of likely N-dealkylation sites (tertiary alicyclic amines) is 1. The molecule has 28 heavy (non-hydrogen) atoms. The van der Waals surface area contributed by atoms with Crippen LogP contribution in [0.25, 0.3) is 6.08 Å². The molecule has 1 heterocycles. The summed E-state index contributed by atoms with van der Waals surface area (Å²) in [5, 5.41) is 1.05. The van der Waals surface area contributed by atoms with Crippen LogP contribution in [0.3, 0.4) is 0 Å². The van der Waals surface area contributed by atoms with Gasteiger partial charge in [-0.25, -0.2) is 13.1 Å². The smallest absolute Gasteiger partial charge is 0.307 e. The zero-order valence-corrected chi connectivity index (χ0v) is 17.2. The van der Waals surface area contributed by atoms with Crippen molar-refractivity contribution in [3.05, 3.63) is 41.3 Å². The summed E-state index contributed by atoms with van der Waals surface area (Å²) in [7, 11) is -3.65. The van der Waals surface area contributed by atoms with E-state index in [0.717, 1.165) is 17.4 Å². The molecule has 0 aliphatic carbocycles. The molecule has 2 atom stereocenters. The van der Waals surface area contributed by atoms with E-state index in [1.54, 1.807) is 17.0 Å². The lowest BCUT2D eigenvalue weighted by Gasteiger charge is -2.34. The summed E-state index contributed by atoms with van der Waals surface area (Å²) in [6, 6.07) is 9.02. The molecule has 1 amide bonds. The SMILES string of the molecule is C[C@@H]1C[C@@H](C)CN(C(=O)COC(=O)CCNS(=O)(=O)/C=C/c2ccccc2)C1. The Balaban J connectivity index is 1.69. The van der Waals surface area contributed by atoms with Gasteiger partial charge in [-0.1, -0.05) is 44.2 Å². The molecule has 154 valence electrons. The first-order valence-corrected chi connectivity index (χ1v) is 11.0. The van der Waals surface area contributed by atoms with Crippen molar-refractivity contribution >= 4 is 28.0 Å². The molecule has 7 nitrogen and oxygen atoms in total. The Labute approximate surface area is 166 Å². The van der Waals surface area contributed by atoms with Gasteiger partial charge in [0.1, 0.15) is 0 Å². The van der Waals surface area contributed by atoms with Gasteiger partial charge in [0.2, 0.25) is 10.0 Å². The molecule has 1 aliphatic rings. The molecule has 0 saturated carbocycles. The molecule has 1 aromatic carbocycles. The lowest BCUT2D eigenvalue weighted by Crippen LogP contribution is -2.44. The van der Waals surface area contributed by atoms with Crippen molar-refractivity contribution in [2.75, 3.05) is 26.2 Å². The average Bonchev–Trinajstić information content (AvgIpc) is 2.64. The standard InChI is InChI=1S/C20H28N2O5S/c1-16-12-17(2)14-22(13-16)19(23)15-27-20(24)8-10-21-28(25,26)11-9-18-6-4-3-5-7-18/h3-7,9,11,16-17,21H,8,10,12-15H2,1-2H3/b11-9+/t16-,17-/m1/s1. The van der Waals surface area contributed by atoms with Crippen LogP contribution in [-0.4, -0.2) is 51.4 Å². The van der Waals surface area contributed by atoms with Crippen molar-refractivity contribution in [2.45, 2.75) is 26.7 Å². The number of ether oxygens (including phenoxy) is 1. The van der Waals surface area contributed by atoms with Crippen molar-refractivity contribution in [1.82, 2.24) is 9.62 Å². The van der Waals surface area contributed by atoms with Crippen LogP contribution in [0.5, 0.6) is 0 Å². The van der Waals surface area contributed by atoms with Gasteiger partial charge in [-0.05, 0) is 29.9 Å². The third-order valence-corrected chi connectivity index (χ3v) is 5.55. The number of carbonyl (C=O) groups excluding carboxylic acids is 2. The van der Waals surface area contributed by atoms with Gasteiger partial charge < -0.3 is 9.64 Å². The summed E-state index contributed by atoms with van der Waals surface area (Å²) in [5.74, 6) is 0.0443. The van der Waals surface area contributed by atoms with Crippen molar-refractivity contribution in [2.24, 2.45) is 11.8 Å². The lowest BCUT2D eigenvalue weighted by molar-refractivity contribution is -0.153. The number of nitrogens with one attached hydrogen (secondary N) is 1. The summed E-state index contributed by atoms with van der Waals surface area (Å²) < 4.78 is 31.1. The predicted octanol–water partition coefficient (Wildman–Crippen LogP) is 2.01. The number of esters is 1. The van der Waals surface area contributed by atoms with E-state index in [-0.39, 0.29) is 25.5 Å². The number of amides is 1. The van der Waals surface area contributed by atoms with Gasteiger partial charge >= 0.3 is 5.97 Å². The van der Waals surface area contributed by atoms with Crippen molar-refractivity contribution in [3.8, 4) is 0 Å². The van der Waals surface area contributed by atoms with Gasteiger partial charge in [0.05, 0.1) is 6.42 Å². The quantitative estimate of drug-likeness (QED) is 0.664. The van der Waals surface area contributed by atoms with Crippen LogP contribution in [0.4, 0.5) is 0 Å². The Hall–Kier alpha value is -2.19. The normalized spacial score (nSPS) is 20.3. The van der Waals surface area contributed by atoms with Gasteiger partial charge in [0, 0.05) is 25.0 Å². The molecule has 2 rings (SSSR count).